The van der Waals surface area contributed by atoms with E-state index in [9.17, 15) is 4.79 Å². The number of aryl methyl sites for hydroxylation is 1. The molecule has 6 heteroatoms. The van der Waals surface area contributed by atoms with Crippen LogP contribution in [-0.4, -0.2) is 41.6 Å². The number of carbonyl (C=O) groups is 1. The Labute approximate surface area is 112 Å². The molecule has 1 fully saturated rings. The maximum atomic E-state index is 12.2. The number of hydrogen-bond acceptors (Lipinski definition) is 2. The summed E-state index contributed by atoms with van der Waals surface area (Å²) in [4.78, 5) is 14.1. The van der Waals surface area contributed by atoms with Crippen LogP contribution in [0.3, 0.4) is 0 Å². The lowest BCUT2D eigenvalue weighted by Crippen LogP contribution is -2.35. The van der Waals surface area contributed by atoms with Gasteiger partial charge >= 0.3 is 0 Å². The lowest BCUT2D eigenvalue weighted by atomic mass is 10.3. The van der Waals surface area contributed by atoms with Crippen molar-refractivity contribution in [3.8, 4) is 0 Å². The molecule has 17 heavy (non-hydrogen) atoms. The van der Waals surface area contributed by atoms with Gasteiger partial charge in [0, 0.05) is 32.9 Å². The van der Waals surface area contributed by atoms with Gasteiger partial charge in [-0.3, -0.25) is 4.79 Å². The van der Waals surface area contributed by atoms with E-state index >= 15 is 0 Å². The SMILES string of the molecule is Cl.Cn1cc(Cl)cc1C(=O)N1CCCNCC1. The van der Waals surface area contributed by atoms with Gasteiger partial charge in [0.15, 0.2) is 0 Å². The summed E-state index contributed by atoms with van der Waals surface area (Å²) in [5.41, 5.74) is 0.659. The average Bonchev–Trinajstić information content (AvgIpc) is 2.49. The number of aromatic nitrogens is 1. The van der Waals surface area contributed by atoms with E-state index in [2.05, 4.69) is 5.32 Å². The Morgan fingerprint density at radius 1 is 1.41 bits per heavy atom. The molecule has 2 rings (SSSR count). The molecule has 1 N–H and O–H groups in total. The van der Waals surface area contributed by atoms with Crippen LogP contribution in [0.5, 0.6) is 0 Å². The van der Waals surface area contributed by atoms with Gasteiger partial charge in [-0.15, -0.1) is 12.4 Å². The second kappa shape index (κ2) is 6.28. The monoisotopic (exact) mass is 277 g/mol. The Balaban J connectivity index is 0.00000144. The molecule has 0 radical (unpaired) electrons. The molecule has 0 spiro atoms. The highest BCUT2D eigenvalue weighted by Gasteiger charge is 2.19. The van der Waals surface area contributed by atoms with E-state index < -0.39 is 0 Å². The zero-order valence-electron chi connectivity index (χ0n) is 9.78. The van der Waals surface area contributed by atoms with E-state index in [0.717, 1.165) is 32.6 Å². The summed E-state index contributed by atoms with van der Waals surface area (Å²) in [6.07, 6.45) is 2.76. The Morgan fingerprint density at radius 2 is 2.18 bits per heavy atom. The fourth-order valence-corrected chi connectivity index (χ4v) is 2.20. The molecule has 0 unspecified atom stereocenters. The van der Waals surface area contributed by atoms with E-state index in [1.807, 2.05) is 11.9 Å². The molecule has 2 heterocycles. The number of hydrogen-bond donors (Lipinski definition) is 1. The van der Waals surface area contributed by atoms with Crippen LogP contribution in [0.15, 0.2) is 12.3 Å². The Kier molecular flexibility index (Phi) is 5.31. The van der Waals surface area contributed by atoms with Crippen molar-refractivity contribution in [3.05, 3.63) is 23.0 Å². The second-order valence-corrected chi connectivity index (χ2v) is 4.49. The van der Waals surface area contributed by atoms with Gasteiger partial charge in [0.1, 0.15) is 5.69 Å². The molecule has 0 bridgehead atoms. The van der Waals surface area contributed by atoms with Crippen molar-refractivity contribution < 1.29 is 4.79 Å². The van der Waals surface area contributed by atoms with Gasteiger partial charge in [-0.2, -0.15) is 0 Å². The standard InChI is InChI=1S/C11H16ClN3O.ClH/c1-14-8-9(12)7-10(14)11(16)15-5-2-3-13-4-6-15;/h7-8,13H,2-6H2,1H3;1H. The number of rotatable bonds is 1. The molecular weight excluding hydrogens is 261 g/mol. The van der Waals surface area contributed by atoms with Crippen LogP contribution in [0.2, 0.25) is 5.02 Å². The normalized spacial score (nSPS) is 16.2. The molecule has 1 saturated heterocycles. The van der Waals surface area contributed by atoms with Crippen LogP contribution in [0, 0.1) is 0 Å². The van der Waals surface area contributed by atoms with Crippen molar-refractivity contribution in [2.75, 3.05) is 26.2 Å². The highest BCUT2D eigenvalue weighted by Crippen LogP contribution is 2.15. The quantitative estimate of drug-likeness (QED) is 0.846. The summed E-state index contributed by atoms with van der Waals surface area (Å²) in [5.74, 6) is 0.0677. The van der Waals surface area contributed by atoms with E-state index in [4.69, 9.17) is 11.6 Å². The molecule has 1 aromatic heterocycles. The van der Waals surface area contributed by atoms with Gasteiger partial charge in [-0.1, -0.05) is 11.6 Å². The van der Waals surface area contributed by atoms with E-state index in [0.29, 0.717) is 10.7 Å². The van der Waals surface area contributed by atoms with Crippen molar-refractivity contribution in [2.45, 2.75) is 6.42 Å². The summed E-state index contributed by atoms with van der Waals surface area (Å²) < 4.78 is 1.78. The molecule has 1 aromatic rings. The lowest BCUT2D eigenvalue weighted by molar-refractivity contribution is 0.0757. The van der Waals surface area contributed by atoms with Gasteiger partial charge in [0.2, 0.25) is 0 Å². The third-order valence-electron chi connectivity index (χ3n) is 2.82. The average molecular weight is 278 g/mol. The van der Waals surface area contributed by atoms with Crippen LogP contribution in [-0.2, 0) is 7.05 Å². The van der Waals surface area contributed by atoms with Crippen LogP contribution < -0.4 is 5.32 Å². The molecule has 1 aliphatic rings. The molecule has 96 valence electrons. The highest BCUT2D eigenvalue weighted by molar-refractivity contribution is 6.31. The smallest absolute Gasteiger partial charge is 0.270 e. The second-order valence-electron chi connectivity index (χ2n) is 4.05. The van der Waals surface area contributed by atoms with Crippen LogP contribution in [0.4, 0.5) is 0 Å². The fraction of sp³-hybridized carbons (Fsp3) is 0.545. The third-order valence-corrected chi connectivity index (χ3v) is 3.02. The maximum absolute atomic E-state index is 12.2. The molecule has 0 saturated carbocycles. The van der Waals surface area contributed by atoms with Gasteiger partial charge in [0.25, 0.3) is 5.91 Å². The topological polar surface area (TPSA) is 37.3 Å². The Hall–Kier alpha value is -0.710. The van der Waals surface area contributed by atoms with E-state index in [-0.39, 0.29) is 18.3 Å². The summed E-state index contributed by atoms with van der Waals surface area (Å²) in [7, 11) is 1.84. The first-order valence-electron chi connectivity index (χ1n) is 5.50. The van der Waals surface area contributed by atoms with Gasteiger partial charge in [-0.25, -0.2) is 0 Å². The number of amides is 1. The van der Waals surface area contributed by atoms with Crippen molar-refractivity contribution in [1.82, 2.24) is 14.8 Å². The minimum Gasteiger partial charge on any atom is -0.345 e. The van der Waals surface area contributed by atoms with Gasteiger partial charge in [0.05, 0.1) is 5.02 Å². The highest BCUT2D eigenvalue weighted by atomic mass is 35.5. The van der Waals surface area contributed by atoms with Crippen LogP contribution in [0.25, 0.3) is 0 Å². The number of halogens is 2. The summed E-state index contributed by atoms with van der Waals surface area (Å²) >= 11 is 5.88. The summed E-state index contributed by atoms with van der Waals surface area (Å²) in [5, 5.41) is 3.89. The predicted molar refractivity (Wildman–Crippen MR) is 71.1 cm³/mol. The van der Waals surface area contributed by atoms with Crippen molar-refractivity contribution in [3.63, 3.8) is 0 Å². The maximum Gasteiger partial charge on any atom is 0.270 e. The lowest BCUT2D eigenvalue weighted by Gasteiger charge is -2.19. The zero-order chi connectivity index (χ0) is 11.5. The zero-order valence-corrected chi connectivity index (χ0v) is 11.4. The van der Waals surface area contributed by atoms with E-state index in [1.54, 1.807) is 16.8 Å². The van der Waals surface area contributed by atoms with Crippen molar-refractivity contribution >= 4 is 29.9 Å². The molecule has 0 aliphatic carbocycles. The van der Waals surface area contributed by atoms with Crippen LogP contribution >= 0.6 is 24.0 Å². The van der Waals surface area contributed by atoms with E-state index in [1.165, 1.54) is 0 Å². The number of nitrogens with one attached hydrogen (secondary N) is 1. The van der Waals surface area contributed by atoms with Crippen molar-refractivity contribution in [1.29, 1.82) is 0 Å². The van der Waals surface area contributed by atoms with Gasteiger partial charge < -0.3 is 14.8 Å². The first kappa shape index (κ1) is 14.4. The minimum atomic E-state index is 0. The van der Waals surface area contributed by atoms with Gasteiger partial charge in [-0.05, 0) is 19.0 Å². The van der Waals surface area contributed by atoms with Crippen LogP contribution in [0.1, 0.15) is 16.9 Å². The molecule has 1 aliphatic heterocycles. The molecule has 0 atom stereocenters. The first-order valence-corrected chi connectivity index (χ1v) is 5.88. The summed E-state index contributed by atoms with van der Waals surface area (Å²) in [6, 6.07) is 1.72. The Bertz CT molecular complexity index is 384. The Morgan fingerprint density at radius 3 is 2.82 bits per heavy atom. The summed E-state index contributed by atoms with van der Waals surface area (Å²) in [6.45, 7) is 3.43. The fourth-order valence-electron chi connectivity index (χ4n) is 1.95. The number of carbonyl (C=O) groups excluding carboxylic acids is 1. The molecular formula is C11H17Cl2N3O. The predicted octanol–water partition coefficient (Wildman–Crippen LogP) is 1.54. The number of nitrogens with zero attached hydrogens (tertiary/aromatic N) is 2. The molecule has 1 amide bonds. The largest absolute Gasteiger partial charge is 0.345 e. The molecule has 4 nitrogen and oxygen atoms in total. The third kappa shape index (κ3) is 3.37. The first-order chi connectivity index (χ1) is 7.68. The minimum absolute atomic E-state index is 0. The van der Waals surface area contributed by atoms with Crippen molar-refractivity contribution in [2.24, 2.45) is 7.05 Å². The molecule has 0 aromatic carbocycles.